The van der Waals surface area contributed by atoms with Crippen molar-refractivity contribution in [1.82, 2.24) is 30.2 Å². The number of aromatic nitrogens is 6. The zero-order valence-electron chi connectivity index (χ0n) is 10.2. The van der Waals surface area contributed by atoms with E-state index in [0.717, 1.165) is 34.4 Å². The first-order valence-corrected chi connectivity index (χ1v) is 6.56. The van der Waals surface area contributed by atoms with Crippen molar-refractivity contribution in [3.05, 3.63) is 11.9 Å². The molecule has 94 valence electrons. The van der Waals surface area contributed by atoms with Crippen LogP contribution in [-0.2, 0) is 0 Å². The topological polar surface area (TPSA) is 81.4 Å². The van der Waals surface area contributed by atoms with Gasteiger partial charge in [0.25, 0.3) is 0 Å². The molecule has 0 radical (unpaired) electrons. The largest absolute Gasteiger partial charge is 0.373 e. The van der Waals surface area contributed by atoms with Gasteiger partial charge in [0.05, 0.1) is 6.04 Å². The molecule has 1 aliphatic carbocycles. The van der Waals surface area contributed by atoms with Crippen molar-refractivity contribution in [2.45, 2.75) is 36.0 Å². The molecular formula is C10H13N7S. The van der Waals surface area contributed by atoms with Crippen LogP contribution in [0.15, 0.2) is 16.5 Å². The normalized spacial score (nSPS) is 14.8. The van der Waals surface area contributed by atoms with Crippen molar-refractivity contribution >= 4 is 17.6 Å². The zero-order chi connectivity index (χ0) is 12.5. The van der Waals surface area contributed by atoms with Gasteiger partial charge in [-0.1, -0.05) is 0 Å². The monoisotopic (exact) mass is 263 g/mol. The van der Waals surface area contributed by atoms with E-state index in [0.29, 0.717) is 6.04 Å². The van der Waals surface area contributed by atoms with Crippen LogP contribution in [0.25, 0.3) is 0 Å². The molecule has 2 heterocycles. The molecule has 1 N–H and O–H groups in total. The second-order valence-corrected chi connectivity index (χ2v) is 5.10. The summed E-state index contributed by atoms with van der Waals surface area (Å²) in [6.07, 6.45) is 3.86. The molecule has 18 heavy (non-hydrogen) atoms. The van der Waals surface area contributed by atoms with E-state index in [4.69, 9.17) is 0 Å². The molecule has 0 saturated heterocycles. The fourth-order valence-corrected chi connectivity index (χ4v) is 2.56. The Morgan fingerprint density at radius 3 is 2.94 bits per heavy atom. The molecule has 0 spiro atoms. The Bertz CT molecular complexity index is 563. The number of nitrogens with zero attached hydrogens (tertiary/aromatic N) is 6. The SMILES string of the molecule is CNc1ncnc(Sc2nnnn2C2CC2)c1C. The molecule has 0 aromatic carbocycles. The Morgan fingerprint density at radius 1 is 1.39 bits per heavy atom. The van der Waals surface area contributed by atoms with Crippen molar-refractivity contribution in [3.8, 4) is 0 Å². The maximum Gasteiger partial charge on any atom is 0.215 e. The van der Waals surface area contributed by atoms with Gasteiger partial charge in [0.15, 0.2) is 0 Å². The molecule has 0 bridgehead atoms. The smallest absolute Gasteiger partial charge is 0.215 e. The van der Waals surface area contributed by atoms with Crippen molar-refractivity contribution < 1.29 is 0 Å². The maximum atomic E-state index is 4.29. The molecule has 2 aromatic rings. The summed E-state index contributed by atoms with van der Waals surface area (Å²) in [6, 6.07) is 0.466. The first-order chi connectivity index (χ1) is 8.79. The molecule has 2 aromatic heterocycles. The molecule has 0 unspecified atom stereocenters. The number of nitrogens with one attached hydrogen (secondary N) is 1. The number of anilines is 1. The van der Waals surface area contributed by atoms with Crippen molar-refractivity contribution in [2.75, 3.05) is 12.4 Å². The Morgan fingerprint density at radius 2 is 2.22 bits per heavy atom. The molecule has 8 heteroatoms. The van der Waals surface area contributed by atoms with E-state index in [-0.39, 0.29) is 0 Å². The van der Waals surface area contributed by atoms with Crippen molar-refractivity contribution in [1.29, 1.82) is 0 Å². The van der Waals surface area contributed by atoms with E-state index in [1.54, 1.807) is 6.33 Å². The quantitative estimate of drug-likeness (QED) is 0.832. The summed E-state index contributed by atoms with van der Waals surface area (Å²) in [6.45, 7) is 1.99. The number of hydrogen-bond acceptors (Lipinski definition) is 7. The lowest BCUT2D eigenvalue weighted by molar-refractivity contribution is 0.565. The van der Waals surface area contributed by atoms with E-state index in [2.05, 4.69) is 30.8 Å². The Kier molecular flexibility index (Phi) is 2.86. The van der Waals surface area contributed by atoms with Gasteiger partial charge in [0, 0.05) is 12.6 Å². The highest BCUT2D eigenvalue weighted by Crippen LogP contribution is 2.38. The summed E-state index contributed by atoms with van der Waals surface area (Å²) in [5, 5.41) is 16.5. The molecule has 0 amide bonds. The minimum atomic E-state index is 0.466. The first-order valence-electron chi connectivity index (χ1n) is 5.74. The maximum absolute atomic E-state index is 4.29. The minimum absolute atomic E-state index is 0.466. The van der Waals surface area contributed by atoms with Gasteiger partial charge < -0.3 is 5.32 Å². The van der Waals surface area contributed by atoms with E-state index >= 15 is 0 Å². The first kappa shape index (κ1) is 11.4. The number of rotatable bonds is 4. The predicted octanol–water partition coefficient (Wildman–Crippen LogP) is 1.30. The van der Waals surface area contributed by atoms with E-state index < -0.39 is 0 Å². The summed E-state index contributed by atoms with van der Waals surface area (Å²) in [5.41, 5.74) is 1.01. The summed E-state index contributed by atoms with van der Waals surface area (Å²) in [5.74, 6) is 0.831. The van der Waals surface area contributed by atoms with Gasteiger partial charge in [-0.05, 0) is 42.0 Å². The lowest BCUT2D eigenvalue weighted by atomic mass is 10.3. The van der Waals surface area contributed by atoms with Gasteiger partial charge in [0.1, 0.15) is 17.2 Å². The number of tetrazole rings is 1. The van der Waals surface area contributed by atoms with Gasteiger partial charge in [0.2, 0.25) is 5.16 Å². The van der Waals surface area contributed by atoms with Crippen molar-refractivity contribution in [2.24, 2.45) is 0 Å². The zero-order valence-corrected chi connectivity index (χ0v) is 11.0. The highest BCUT2D eigenvalue weighted by molar-refractivity contribution is 7.99. The summed E-state index contributed by atoms with van der Waals surface area (Å²) < 4.78 is 1.88. The third-order valence-corrected chi connectivity index (χ3v) is 3.87. The Labute approximate surface area is 108 Å². The van der Waals surface area contributed by atoms with Gasteiger partial charge >= 0.3 is 0 Å². The molecule has 0 aliphatic heterocycles. The summed E-state index contributed by atoms with van der Waals surface area (Å²) >= 11 is 1.48. The number of hydrogen-bond donors (Lipinski definition) is 1. The van der Waals surface area contributed by atoms with Crippen LogP contribution in [0.5, 0.6) is 0 Å². The summed E-state index contributed by atoms with van der Waals surface area (Å²) in [7, 11) is 1.85. The van der Waals surface area contributed by atoms with Crippen LogP contribution >= 0.6 is 11.8 Å². The van der Waals surface area contributed by atoms with E-state index in [1.807, 2.05) is 18.7 Å². The highest BCUT2D eigenvalue weighted by atomic mass is 32.2. The standard InChI is InChI=1S/C10H13N7S/c1-6-8(11-2)12-5-13-9(6)18-10-14-15-16-17(10)7-3-4-7/h5,7H,3-4H2,1-2H3,(H,11,12,13). The van der Waals surface area contributed by atoms with Gasteiger partial charge in [-0.3, -0.25) is 0 Å². The fourth-order valence-electron chi connectivity index (χ4n) is 1.68. The summed E-state index contributed by atoms with van der Waals surface area (Å²) in [4.78, 5) is 8.45. The molecule has 3 rings (SSSR count). The van der Waals surface area contributed by atoms with Gasteiger partial charge in [-0.15, -0.1) is 5.10 Å². The van der Waals surface area contributed by atoms with Crippen LogP contribution in [0.1, 0.15) is 24.4 Å². The van der Waals surface area contributed by atoms with Crippen LogP contribution in [-0.4, -0.2) is 37.2 Å². The van der Waals surface area contributed by atoms with Crippen LogP contribution < -0.4 is 5.32 Å². The third-order valence-electron chi connectivity index (χ3n) is 2.82. The average Bonchev–Trinajstić information content (AvgIpc) is 3.13. The third kappa shape index (κ3) is 2.03. The van der Waals surface area contributed by atoms with Gasteiger partial charge in [-0.2, -0.15) is 0 Å². The molecular weight excluding hydrogens is 250 g/mol. The van der Waals surface area contributed by atoms with Gasteiger partial charge in [-0.25, -0.2) is 14.6 Å². The van der Waals surface area contributed by atoms with Crippen molar-refractivity contribution in [3.63, 3.8) is 0 Å². The Balaban J connectivity index is 1.89. The molecule has 1 fully saturated rings. The lowest BCUT2D eigenvalue weighted by Crippen LogP contribution is -2.01. The molecule has 1 saturated carbocycles. The van der Waals surface area contributed by atoms with Crippen LogP contribution in [0.4, 0.5) is 5.82 Å². The van der Waals surface area contributed by atoms with Crippen LogP contribution in [0.3, 0.4) is 0 Å². The predicted molar refractivity (Wildman–Crippen MR) is 66.5 cm³/mol. The fraction of sp³-hybridized carbons (Fsp3) is 0.500. The minimum Gasteiger partial charge on any atom is -0.373 e. The van der Waals surface area contributed by atoms with E-state index in [1.165, 1.54) is 11.8 Å². The second kappa shape index (κ2) is 4.52. The Hall–Kier alpha value is -1.70. The lowest BCUT2D eigenvalue weighted by Gasteiger charge is -2.07. The molecule has 0 atom stereocenters. The second-order valence-electron chi connectivity index (χ2n) is 4.14. The molecule has 1 aliphatic rings. The van der Waals surface area contributed by atoms with Crippen LogP contribution in [0, 0.1) is 6.92 Å². The van der Waals surface area contributed by atoms with Crippen LogP contribution in [0.2, 0.25) is 0 Å². The highest BCUT2D eigenvalue weighted by Gasteiger charge is 2.28. The molecule has 7 nitrogen and oxygen atoms in total. The van der Waals surface area contributed by atoms with E-state index in [9.17, 15) is 0 Å². The average molecular weight is 263 g/mol.